The zero-order chi connectivity index (χ0) is 14.2. The second kappa shape index (κ2) is 5.16. The monoisotopic (exact) mass is 266 g/mol. The molecule has 0 bridgehead atoms. The lowest BCUT2D eigenvalue weighted by atomic mass is 9.72. The van der Waals surface area contributed by atoms with Crippen molar-refractivity contribution >= 4 is 0 Å². The summed E-state index contributed by atoms with van der Waals surface area (Å²) in [6, 6.07) is 0.218. The third kappa shape index (κ3) is 2.64. The second-order valence-corrected chi connectivity index (χ2v) is 6.49. The van der Waals surface area contributed by atoms with Crippen LogP contribution in [-0.2, 0) is 5.60 Å². The van der Waals surface area contributed by atoms with Crippen LogP contribution in [-0.4, -0.2) is 22.0 Å². The minimum absolute atomic E-state index is 0.218. The number of methoxy groups -OCH3 is 1. The Kier molecular flexibility index (Phi) is 3.90. The molecule has 1 aliphatic carbocycles. The molecule has 0 amide bonds. The maximum Gasteiger partial charge on any atom is 0.162 e. The summed E-state index contributed by atoms with van der Waals surface area (Å²) in [5, 5.41) is 15.6. The number of aromatic nitrogens is 2. The number of hydrogen-bond acceptors (Lipinski definition) is 3. The van der Waals surface area contributed by atoms with Crippen LogP contribution in [0.2, 0.25) is 0 Å². The minimum Gasteiger partial charge on any atom is -0.493 e. The topological polar surface area (TPSA) is 47.3 Å². The molecule has 0 aromatic carbocycles. The SMILES string of the molecule is COc1cnn(C(C)C)c1C1(O)CC(C)CC(C)C1. The van der Waals surface area contributed by atoms with Crippen molar-refractivity contribution in [3.63, 3.8) is 0 Å². The molecule has 19 heavy (non-hydrogen) atoms. The first-order valence-corrected chi connectivity index (χ1v) is 7.21. The van der Waals surface area contributed by atoms with Gasteiger partial charge in [0, 0.05) is 6.04 Å². The first-order chi connectivity index (χ1) is 8.87. The molecule has 1 aliphatic rings. The van der Waals surface area contributed by atoms with Crippen LogP contribution in [0.5, 0.6) is 5.75 Å². The number of aliphatic hydroxyl groups is 1. The molecule has 1 N–H and O–H groups in total. The zero-order valence-electron chi connectivity index (χ0n) is 12.7. The normalized spacial score (nSPS) is 31.7. The summed E-state index contributed by atoms with van der Waals surface area (Å²) >= 11 is 0. The van der Waals surface area contributed by atoms with Crippen LogP contribution in [0.1, 0.15) is 58.7 Å². The molecule has 0 aliphatic heterocycles. The van der Waals surface area contributed by atoms with Gasteiger partial charge in [0.15, 0.2) is 5.75 Å². The maximum atomic E-state index is 11.2. The predicted octanol–water partition coefficient (Wildman–Crippen LogP) is 3.12. The van der Waals surface area contributed by atoms with Crippen molar-refractivity contribution in [1.82, 2.24) is 9.78 Å². The molecular formula is C15H26N2O2. The van der Waals surface area contributed by atoms with Gasteiger partial charge in [-0.05, 0) is 44.9 Å². The van der Waals surface area contributed by atoms with Gasteiger partial charge in [0.1, 0.15) is 11.3 Å². The maximum absolute atomic E-state index is 11.2. The lowest BCUT2D eigenvalue weighted by molar-refractivity contribution is -0.0454. The smallest absolute Gasteiger partial charge is 0.162 e. The van der Waals surface area contributed by atoms with E-state index in [0.717, 1.165) is 18.5 Å². The van der Waals surface area contributed by atoms with E-state index in [1.807, 2.05) is 4.68 Å². The standard InChI is InChI=1S/C15H26N2O2/c1-10(2)17-14(13(19-5)9-16-17)15(18)7-11(3)6-12(4)8-15/h9-12,18H,6-8H2,1-5H3. The number of rotatable bonds is 3. The van der Waals surface area contributed by atoms with Crippen molar-refractivity contribution in [3.05, 3.63) is 11.9 Å². The van der Waals surface area contributed by atoms with Gasteiger partial charge in [-0.2, -0.15) is 5.10 Å². The Morgan fingerprint density at radius 2 is 1.95 bits per heavy atom. The van der Waals surface area contributed by atoms with Crippen molar-refractivity contribution in [2.75, 3.05) is 7.11 Å². The van der Waals surface area contributed by atoms with Gasteiger partial charge in [0.05, 0.1) is 13.3 Å². The van der Waals surface area contributed by atoms with Gasteiger partial charge in [-0.15, -0.1) is 0 Å². The van der Waals surface area contributed by atoms with E-state index in [4.69, 9.17) is 4.74 Å². The molecule has 2 atom stereocenters. The highest BCUT2D eigenvalue weighted by atomic mass is 16.5. The quantitative estimate of drug-likeness (QED) is 0.914. The Morgan fingerprint density at radius 3 is 2.42 bits per heavy atom. The summed E-state index contributed by atoms with van der Waals surface area (Å²) in [7, 11) is 1.64. The van der Waals surface area contributed by atoms with Crippen molar-refractivity contribution in [3.8, 4) is 5.75 Å². The van der Waals surface area contributed by atoms with E-state index >= 15 is 0 Å². The molecule has 4 heteroatoms. The van der Waals surface area contributed by atoms with Crippen molar-refractivity contribution < 1.29 is 9.84 Å². The Morgan fingerprint density at radius 1 is 1.37 bits per heavy atom. The molecule has 108 valence electrons. The zero-order valence-corrected chi connectivity index (χ0v) is 12.7. The van der Waals surface area contributed by atoms with E-state index in [2.05, 4.69) is 32.8 Å². The van der Waals surface area contributed by atoms with Crippen LogP contribution in [0.4, 0.5) is 0 Å². The number of nitrogens with zero attached hydrogens (tertiary/aromatic N) is 2. The first kappa shape index (κ1) is 14.4. The van der Waals surface area contributed by atoms with Crippen LogP contribution in [0, 0.1) is 11.8 Å². The highest BCUT2D eigenvalue weighted by Crippen LogP contribution is 2.45. The van der Waals surface area contributed by atoms with Crippen LogP contribution < -0.4 is 4.74 Å². The lowest BCUT2D eigenvalue weighted by Gasteiger charge is -2.39. The molecule has 0 radical (unpaired) electrons. The second-order valence-electron chi connectivity index (χ2n) is 6.49. The summed E-state index contributed by atoms with van der Waals surface area (Å²) in [6.07, 6.45) is 4.47. The van der Waals surface area contributed by atoms with Gasteiger partial charge in [-0.1, -0.05) is 13.8 Å². The summed E-state index contributed by atoms with van der Waals surface area (Å²) in [5.41, 5.74) is 0.0341. The fraction of sp³-hybridized carbons (Fsp3) is 0.800. The third-order valence-electron chi connectivity index (χ3n) is 4.09. The van der Waals surface area contributed by atoms with E-state index in [1.54, 1.807) is 13.3 Å². The van der Waals surface area contributed by atoms with Gasteiger partial charge in [-0.25, -0.2) is 0 Å². The fourth-order valence-corrected chi connectivity index (χ4v) is 3.61. The van der Waals surface area contributed by atoms with E-state index in [9.17, 15) is 5.11 Å². The van der Waals surface area contributed by atoms with Gasteiger partial charge in [-0.3, -0.25) is 4.68 Å². The van der Waals surface area contributed by atoms with Crippen LogP contribution in [0.25, 0.3) is 0 Å². The molecule has 0 spiro atoms. The average Bonchev–Trinajstić information content (AvgIpc) is 2.71. The van der Waals surface area contributed by atoms with Crippen molar-refractivity contribution in [2.24, 2.45) is 11.8 Å². The summed E-state index contributed by atoms with van der Waals surface area (Å²) < 4.78 is 7.33. The van der Waals surface area contributed by atoms with Crippen LogP contribution in [0.15, 0.2) is 6.20 Å². The lowest BCUT2D eigenvalue weighted by Crippen LogP contribution is -2.38. The summed E-state index contributed by atoms with van der Waals surface area (Å²) in [6.45, 7) is 8.58. The molecule has 1 heterocycles. The summed E-state index contributed by atoms with van der Waals surface area (Å²) in [5.74, 6) is 1.75. The van der Waals surface area contributed by atoms with Crippen LogP contribution in [0.3, 0.4) is 0 Å². The van der Waals surface area contributed by atoms with Gasteiger partial charge < -0.3 is 9.84 Å². The van der Waals surface area contributed by atoms with Gasteiger partial charge >= 0.3 is 0 Å². The van der Waals surface area contributed by atoms with E-state index < -0.39 is 5.60 Å². The Hall–Kier alpha value is -1.03. The van der Waals surface area contributed by atoms with E-state index in [-0.39, 0.29) is 6.04 Å². The third-order valence-corrected chi connectivity index (χ3v) is 4.09. The highest BCUT2D eigenvalue weighted by Gasteiger charge is 2.42. The number of ether oxygens (including phenoxy) is 1. The van der Waals surface area contributed by atoms with Gasteiger partial charge in [0.2, 0.25) is 0 Å². The van der Waals surface area contributed by atoms with Gasteiger partial charge in [0.25, 0.3) is 0 Å². The van der Waals surface area contributed by atoms with E-state index in [0.29, 0.717) is 17.6 Å². The average molecular weight is 266 g/mol. The fourth-order valence-electron chi connectivity index (χ4n) is 3.61. The Bertz CT molecular complexity index is 429. The molecule has 0 saturated heterocycles. The molecule has 1 aromatic rings. The van der Waals surface area contributed by atoms with Crippen LogP contribution >= 0.6 is 0 Å². The molecule has 4 nitrogen and oxygen atoms in total. The Labute approximate surface area is 115 Å². The molecule has 1 aromatic heterocycles. The molecule has 1 saturated carbocycles. The predicted molar refractivity (Wildman–Crippen MR) is 75.2 cm³/mol. The minimum atomic E-state index is -0.816. The number of hydrogen-bond donors (Lipinski definition) is 1. The highest BCUT2D eigenvalue weighted by molar-refractivity contribution is 5.32. The van der Waals surface area contributed by atoms with Crippen molar-refractivity contribution in [2.45, 2.75) is 58.6 Å². The molecule has 2 rings (SSSR count). The first-order valence-electron chi connectivity index (χ1n) is 7.21. The molecular weight excluding hydrogens is 240 g/mol. The van der Waals surface area contributed by atoms with Crippen molar-refractivity contribution in [1.29, 1.82) is 0 Å². The Balaban J connectivity index is 2.46. The summed E-state index contributed by atoms with van der Waals surface area (Å²) in [4.78, 5) is 0. The van der Waals surface area contributed by atoms with E-state index in [1.165, 1.54) is 6.42 Å². The molecule has 1 fully saturated rings. The largest absolute Gasteiger partial charge is 0.493 e. The molecule has 2 unspecified atom stereocenters.